The highest BCUT2D eigenvalue weighted by Gasteiger charge is 2.16. The number of benzene rings is 2. The molecule has 1 heterocycles. The van der Waals surface area contributed by atoms with Crippen molar-refractivity contribution in [2.45, 2.75) is 12.1 Å². The summed E-state index contributed by atoms with van der Waals surface area (Å²) in [5.41, 5.74) is 2.62. The number of aryl methyl sites for hydroxylation is 1. The first-order valence-corrected chi connectivity index (χ1v) is 9.57. The van der Waals surface area contributed by atoms with Gasteiger partial charge in [-0.15, -0.1) is 10.2 Å². The number of nitrogens with one attached hydrogen (secondary N) is 1. The van der Waals surface area contributed by atoms with E-state index in [0.29, 0.717) is 21.8 Å². The molecule has 0 unspecified atom stereocenters. The van der Waals surface area contributed by atoms with E-state index in [2.05, 4.69) is 15.5 Å². The normalized spacial score (nSPS) is 10.7. The molecule has 0 aliphatic rings. The standard InChI is InChI=1S/C19H19ClN4O2S/c1-12-5-4-6-14(9-12)21-17(25)11-27-19-23-22-18(24(19)2)15-10-13(20)7-8-16(15)26-3/h4-10H,11H2,1-3H3,(H,21,25). The van der Waals surface area contributed by atoms with Gasteiger partial charge in [-0.25, -0.2) is 0 Å². The molecule has 0 aliphatic heterocycles. The van der Waals surface area contributed by atoms with E-state index in [1.165, 1.54) is 11.8 Å². The molecule has 0 spiro atoms. The number of hydrogen-bond donors (Lipinski definition) is 1. The average molecular weight is 403 g/mol. The summed E-state index contributed by atoms with van der Waals surface area (Å²) in [5.74, 6) is 1.40. The molecule has 0 saturated carbocycles. The van der Waals surface area contributed by atoms with E-state index in [1.54, 1.807) is 25.3 Å². The van der Waals surface area contributed by atoms with Crippen LogP contribution in [0.5, 0.6) is 5.75 Å². The minimum Gasteiger partial charge on any atom is -0.496 e. The SMILES string of the molecule is COc1ccc(Cl)cc1-c1nnc(SCC(=O)Nc2cccc(C)c2)n1C. The lowest BCUT2D eigenvalue weighted by molar-refractivity contribution is -0.113. The smallest absolute Gasteiger partial charge is 0.234 e. The van der Waals surface area contributed by atoms with Gasteiger partial charge in [0.1, 0.15) is 5.75 Å². The van der Waals surface area contributed by atoms with Gasteiger partial charge in [-0.05, 0) is 42.8 Å². The quantitative estimate of drug-likeness (QED) is 0.626. The fraction of sp³-hybridized carbons (Fsp3) is 0.211. The van der Waals surface area contributed by atoms with E-state index in [9.17, 15) is 4.79 Å². The van der Waals surface area contributed by atoms with Crippen molar-refractivity contribution in [1.29, 1.82) is 0 Å². The first-order chi connectivity index (χ1) is 13.0. The van der Waals surface area contributed by atoms with Crippen LogP contribution in [0.1, 0.15) is 5.56 Å². The Morgan fingerprint density at radius 2 is 2.07 bits per heavy atom. The molecule has 3 aromatic rings. The Bertz CT molecular complexity index is 974. The number of aromatic nitrogens is 3. The maximum absolute atomic E-state index is 12.2. The van der Waals surface area contributed by atoms with Crippen molar-refractivity contribution >= 4 is 35.0 Å². The van der Waals surface area contributed by atoms with Gasteiger partial charge in [0.25, 0.3) is 0 Å². The number of methoxy groups -OCH3 is 1. The summed E-state index contributed by atoms with van der Waals surface area (Å²) in [5, 5.41) is 12.5. The van der Waals surface area contributed by atoms with Crippen LogP contribution in [0.4, 0.5) is 5.69 Å². The van der Waals surface area contributed by atoms with Gasteiger partial charge in [0.2, 0.25) is 5.91 Å². The van der Waals surface area contributed by atoms with Crippen molar-refractivity contribution in [1.82, 2.24) is 14.8 Å². The Balaban J connectivity index is 1.71. The fourth-order valence-corrected chi connectivity index (χ4v) is 3.46. The molecule has 27 heavy (non-hydrogen) atoms. The maximum Gasteiger partial charge on any atom is 0.234 e. The predicted octanol–water partition coefficient (Wildman–Crippen LogP) is 4.18. The summed E-state index contributed by atoms with van der Waals surface area (Å²) >= 11 is 7.42. The number of nitrogens with zero attached hydrogens (tertiary/aromatic N) is 3. The Labute approximate surface area is 166 Å². The van der Waals surface area contributed by atoms with Crippen LogP contribution in [-0.2, 0) is 11.8 Å². The minimum atomic E-state index is -0.101. The van der Waals surface area contributed by atoms with Gasteiger partial charge in [0.05, 0.1) is 18.4 Å². The monoisotopic (exact) mass is 402 g/mol. The number of carbonyl (C=O) groups is 1. The topological polar surface area (TPSA) is 69.0 Å². The van der Waals surface area contributed by atoms with Gasteiger partial charge in [-0.1, -0.05) is 35.5 Å². The Morgan fingerprint density at radius 3 is 2.81 bits per heavy atom. The molecule has 1 N–H and O–H groups in total. The molecule has 0 atom stereocenters. The number of carbonyl (C=O) groups excluding carboxylic acids is 1. The Morgan fingerprint density at radius 1 is 1.26 bits per heavy atom. The van der Waals surface area contributed by atoms with Crippen molar-refractivity contribution in [3.05, 3.63) is 53.1 Å². The second-order valence-electron chi connectivity index (χ2n) is 5.92. The summed E-state index contributed by atoms with van der Waals surface area (Å²) in [7, 11) is 3.44. The van der Waals surface area contributed by atoms with Gasteiger partial charge in [0.15, 0.2) is 11.0 Å². The molecule has 6 nitrogen and oxygen atoms in total. The lowest BCUT2D eigenvalue weighted by Gasteiger charge is -2.09. The number of ether oxygens (including phenoxy) is 1. The molecule has 2 aromatic carbocycles. The number of halogens is 1. The highest BCUT2D eigenvalue weighted by molar-refractivity contribution is 7.99. The van der Waals surface area contributed by atoms with Gasteiger partial charge in [-0.3, -0.25) is 4.79 Å². The molecule has 0 aliphatic carbocycles. The molecule has 3 rings (SSSR count). The number of anilines is 1. The van der Waals surface area contributed by atoms with Gasteiger partial charge in [0, 0.05) is 17.8 Å². The molecular weight excluding hydrogens is 384 g/mol. The first kappa shape index (κ1) is 19.3. The van der Waals surface area contributed by atoms with Crippen LogP contribution >= 0.6 is 23.4 Å². The highest BCUT2D eigenvalue weighted by Crippen LogP contribution is 2.32. The number of hydrogen-bond acceptors (Lipinski definition) is 5. The molecular formula is C19H19ClN4O2S. The van der Waals surface area contributed by atoms with E-state index in [0.717, 1.165) is 16.8 Å². The van der Waals surface area contributed by atoms with Crippen molar-refractivity contribution in [3.8, 4) is 17.1 Å². The molecule has 0 radical (unpaired) electrons. The zero-order valence-electron chi connectivity index (χ0n) is 15.2. The lowest BCUT2D eigenvalue weighted by Crippen LogP contribution is -2.14. The van der Waals surface area contributed by atoms with E-state index in [1.807, 2.05) is 42.8 Å². The van der Waals surface area contributed by atoms with Crippen molar-refractivity contribution in [2.75, 3.05) is 18.2 Å². The van der Waals surface area contributed by atoms with E-state index >= 15 is 0 Å². The van der Waals surface area contributed by atoms with Crippen LogP contribution < -0.4 is 10.1 Å². The second-order valence-corrected chi connectivity index (χ2v) is 7.30. The number of thioether (sulfide) groups is 1. The molecule has 1 aromatic heterocycles. The lowest BCUT2D eigenvalue weighted by atomic mass is 10.2. The summed E-state index contributed by atoms with van der Waals surface area (Å²) < 4.78 is 7.20. The van der Waals surface area contributed by atoms with Gasteiger partial charge < -0.3 is 14.6 Å². The molecule has 8 heteroatoms. The zero-order chi connectivity index (χ0) is 19.4. The summed E-state index contributed by atoms with van der Waals surface area (Å²) in [6, 6.07) is 13.0. The van der Waals surface area contributed by atoms with Crippen LogP contribution in [0.25, 0.3) is 11.4 Å². The van der Waals surface area contributed by atoms with E-state index < -0.39 is 0 Å². The summed E-state index contributed by atoms with van der Waals surface area (Å²) in [6.07, 6.45) is 0. The molecule has 140 valence electrons. The van der Waals surface area contributed by atoms with Crippen LogP contribution in [0, 0.1) is 6.92 Å². The average Bonchev–Trinajstić information content (AvgIpc) is 3.00. The molecule has 0 fully saturated rings. The molecule has 0 saturated heterocycles. The summed E-state index contributed by atoms with van der Waals surface area (Å²) in [6.45, 7) is 1.98. The zero-order valence-corrected chi connectivity index (χ0v) is 16.8. The first-order valence-electron chi connectivity index (χ1n) is 8.20. The van der Waals surface area contributed by atoms with Crippen LogP contribution in [-0.4, -0.2) is 33.5 Å². The highest BCUT2D eigenvalue weighted by atomic mass is 35.5. The minimum absolute atomic E-state index is 0.101. The van der Waals surface area contributed by atoms with Crippen molar-refractivity contribution in [2.24, 2.45) is 7.05 Å². The summed E-state index contributed by atoms with van der Waals surface area (Å²) in [4.78, 5) is 12.2. The molecule has 1 amide bonds. The van der Waals surface area contributed by atoms with Crippen LogP contribution in [0.15, 0.2) is 47.6 Å². The number of rotatable bonds is 6. The third-order valence-electron chi connectivity index (χ3n) is 3.87. The second kappa shape index (κ2) is 8.45. The predicted molar refractivity (Wildman–Crippen MR) is 109 cm³/mol. The largest absolute Gasteiger partial charge is 0.496 e. The third kappa shape index (κ3) is 4.61. The number of amides is 1. The third-order valence-corrected chi connectivity index (χ3v) is 5.13. The van der Waals surface area contributed by atoms with Crippen molar-refractivity contribution < 1.29 is 9.53 Å². The van der Waals surface area contributed by atoms with Crippen LogP contribution in [0.3, 0.4) is 0 Å². The van der Waals surface area contributed by atoms with E-state index in [4.69, 9.17) is 16.3 Å². The van der Waals surface area contributed by atoms with Crippen molar-refractivity contribution in [3.63, 3.8) is 0 Å². The van der Waals surface area contributed by atoms with Gasteiger partial charge >= 0.3 is 0 Å². The Kier molecular flexibility index (Phi) is 6.03. The van der Waals surface area contributed by atoms with E-state index in [-0.39, 0.29) is 11.7 Å². The Hall–Kier alpha value is -2.51. The van der Waals surface area contributed by atoms with Gasteiger partial charge in [-0.2, -0.15) is 0 Å². The molecule has 0 bridgehead atoms. The van der Waals surface area contributed by atoms with Crippen LogP contribution in [0.2, 0.25) is 5.02 Å². The maximum atomic E-state index is 12.2. The fourth-order valence-electron chi connectivity index (χ4n) is 2.58.